The molecule has 0 N–H and O–H groups in total. The van der Waals surface area contributed by atoms with E-state index in [0.29, 0.717) is 27.4 Å². The SMILES string of the molecule is Cc1nnc2c3cc(F)ccc3c(Cl)nn12. The molecule has 6 heteroatoms. The van der Waals surface area contributed by atoms with E-state index < -0.39 is 0 Å². The Morgan fingerprint density at radius 1 is 1.25 bits per heavy atom. The molecule has 3 aromatic rings. The van der Waals surface area contributed by atoms with E-state index in [9.17, 15) is 4.39 Å². The molecule has 3 rings (SSSR count). The Labute approximate surface area is 94.7 Å². The summed E-state index contributed by atoms with van der Waals surface area (Å²) < 4.78 is 14.7. The van der Waals surface area contributed by atoms with Crippen molar-refractivity contribution in [2.75, 3.05) is 0 Å². The molecule has 0 saturated heterocycles. The van der Waals surface area contributed by atoms with Gasteiger partial charge in [-0.05, 0) is 25.1 Å². The zero-order valence-electron chi connectivity index (χ0n) is 8.28. The van der Waals surface area contributed by atoms with Crippen molar-refractivity contribution in [3.8, 4) is 0 Å². The fourth-order valence-electron chi connectivity index (χ4n) is 1.67. The lowest BCUT2D eigenvalue weighted by molar-refractivity contribution is 0.629. The Balaban J connectivity index is 2.62. The number of halogens is 2. The van der Waals surface area contributed by atoms with E-state index >= 15 is 0 Å². The normalized spacial score (nSPS) is 11.4. The molecule has 80 valence electrons. The molecule has 0 saturated carbocycles. The molecule has 0 aliphatic heterocycles. The summed E-state index contributed by atoms with van der Waals surface area (Å²) >= 11 is 6.01. The molecule has 0 amide bonds. The van der Waals surface area contributed by atoms with E-state index in [1.807, 2.05) is 0 Å². The van der Waals surface area contributed by atoms with Crippen molar-refractivity contribution in [2.24, 2.45) is 0 Å². The van der Waals surface area contributed by atoms with Gasteiger partial charge in [0.25, 0.3) is 0 Å². The van der Waals surface area contributed by atoms with Crippen LogP contribution in [0.3, 0.4) is 0 Å². The average Bonchev–Trinajstić information content (AvgIpc) is 2.61. The molecule has 2 heterocycles. The van der Waals surface area contributed by atoms with Gasteiger partial charge >= 0.3 is 0 Å². The third-order valence-corrected chi connectivity index (χ3v) is 2.71. The smallest absolute Gasteiger partial charge is 0.185 e. The maximum Gasteiger partial charge on any atom is 0.185 e. The number of benzene rings is 1. The largest absolute Gasteiger partial charge is 0.207 e. The van der Waals surface area contributed by atoms with Gasteiger partial charge < -0.3 is 0 Å². The molecule has 0 aliphatic rings. The highest BCUT2D eigenvalue weighted by atomic mass is 35.5. The molecule has 0 aliphatic carbocycles. The monoisotopic (exact) mass is 236 g/mol. The lowest BCUT2D eigenvalue weighted by atomic mass is 10.2. The quantitative estimate of drug-likeness (QED) is 0.602. The maximum absolute atomic E-state index is 13.2. The Hall–Kier alpha value is -1.75. The summed E-state index contributed by atoms with van der Waals surface area (Å²) in [5.41, 5.74) is 0.511. The van der Waals surface area contributed by atoms with Gasteiger partial charge in [-0.1, -0.05) is 11.6 Å². The number of aromatic nitrogens is 4. The van der Waals surface area contributed by atoms with Crippen molar-refractivity contribution < 1.29 is 4.39 Å². The fourth-order valence-corrected chi connectivity index (χ4v) is 1.91. The average molecular weight is 237 g/mol. The summed E-state index contributed by atoms with van der Waals surface area (Å²) in [7, 11) is 0. The minimum atomic E-state index is -0.336. The number of aryl methyl sites for hydroxylation is 1. The minimum Gasteiger partial charge on any atom is -0.207 e. The molecule has 0 fully saturated rings. The minimum absolute atomic E-state index is 0.311. The van der Waals surface area contributed by atoms with Crippen LogP contribution >= 0.6 is 11.6 Å². The lowest BCUT2D eigenvalue weighted by Crippen LogP contribution is -1.96. The third-order valence-electron chi connectivity index (χ3n) is 2.43. The van der Waals surface area contributed by atoms with Crippen LogP contribution in [-0.4, -0.2) is 19.8 Å². The molecule has 0 bridgehead atoms. The summed E-state index contributed by atoms with van der Waals surface area (Å²) in [6.07, 6.45) is 0. The number of nitrogens with zero attached hydrogens (tertiary/aromatic N) is 4. The van der Waals surface area contributed by atoms with Gasteiger partial charge in [-0.15, -0.1) is 10.2 Å². The molecule has 0 unspecified atom stereocenters. The van der Waals surface area contributed by atoms with Crippen molar-refractivity contribution in [1.29, 1.82) is 0 Å². The number of hydrogen-bond donors (Lipinski definition) is 0. The number of fused-ring (bicyclic) bond motifs is 3. The van der Waals surface area contributed by atoms with Crippen molar-refractivity contribution in [1.82, 2.24) is 19.8 Å². The molecular weight excluding hydrogens is 231 g/mol. The first-order valence-corrected chi connectivity index (χ1v) is 5.01. The second-order valence-electron chi connectivity index (χ2n) is 3.46. The van der Waals surface area contributed by atoms with Crippen LogP contribution in [0.4, 0.5) is 4.39 Å². The summed E-state index contributed by atoms with van der Waals surface area (Å²) in [6.45, 7) is 1.76. The Morgan fingerprint density at radius 2 is 2.06 bits per heavy atom. The van der Waals surface area contributed by atoms with Crippen LogP contribution < -0.4 is 0 Å². The van der Waals surface area contributed by atoms with E-state index in [0.717, 1.165) is 0 Å². The zero-order chi connectivity index (χ0) is 11.3. The fraction of sp³-hybridized carbons (Fsp3) is 0.100. The lowest BCUT2D eigenvalue weighted by Gasteiger charge is -2.02. The van der Waals surface area contributed by atoms with Crippen LogP contribution in [0, 0.1) is 12.7 Å². The molecular formula is C10H6ClFN4. The Morgan fingerprint density at radius 3 is 2.88 bits per heavy atom. The predicted molar refractivity (Wildman–Crippen MR) is 58.0 cm³/mol. The van der Waals surface area contributed by atoms with E-state index in [-0.39, 0.29) is 5.82 Å². The summed E-state index contributed by atoms with van der Waals surface area (Å²) in [5, 5.41) is 13.6. The first kappa shape index (κ1) is 9.47. The highest BCUT2D eigenvalue weighted by molar-refractivity contribution is 6.34. The summed E-state index contributed by atoms with van der Waals surface area (Å²) in [4.78, 5) is 0. The first-order valence-electron chi connectivity index (χ1n) is 4.63. The van der Waals surface area contributed by atoms with Crippen LogP contribution in [-0.2, 0) is 0 Å². The predicted octanol–water partition coefficient (Wildman–Crippen LogP) is 2.38. The van der Waals surface area contributed by atoms with Crippen LogP contribution in [0.5, 0.6) is 0 Å². The van der Waals surface area contributed by atoms with E-state index in [4.69, 9.17) is 11.6 Å². The van der Waals surface area contributed by atoms with Crippen molar-refractivity contribution in [3.63, 3.8) is 0 Å². The van der Waals surface area contributed by atoms with Crippen LogP contribution in [0.1, 0.15) is 5.82 Å². The van der Waals surface area contributed by atoms with Gasteiger partial charge in [-0.3, -0.25) is 0 Å². The standard InChI is InChI=1S/C10H6ClFN4/c1-5-13-14-10-8-4-6(12)2-3-7(8)9(11)15-16(5)10/h2-4H,1H3. The second-order valence-corrected chi connectivity index (χ2v) is 3.82. The van der Waals surface area contributed by atoms with E-state index in [1.165, 1.54) is 16.6 Å². The Kier molecular flexibility index (Phi) is 1.85. The third kappa shape index (κ3) is 1.18. The molecule has 16 heavy (non-hydrogen) atoms. The van der Waals surface area contributed by atoms with Crippen LogP contribution in [0.2, 0.25) is 5.15 Å². The van der Waals surface area contributed by atoms with E-state index in [2.05, 4.69) is 15.3 Å². The molecule has 2 aromatic heterocycles. The summed E-state index contributed by atoms with van der Waals surface area (Å²) in [5.74, 6) is 0.278. The molecule has 4 nitrogen and oxygen atoms in total. The van der Waals surface area contributed by atoms with Gasteiger partial charge in [-0.2, -0.15) is 9.61 Å². The summed E-state index contributed by atoms with van der Waals surface area (Å²) in [6, 6.07) is 4.31. The second kappa shape index (κ2) is 3.12. The first-order chi connectivity index (χ1) is 7.66. The highest BCUT2D eigenvalue weighted by Crippen LogP contribution is 2.25. The van der Waals surface area contributed by atoms with Crippen molar-refractivity contribution >= 4 is 28.0 Å². The van der Waals surface area contributed by atoms with Crippen LogP contribution in [0.25, 0.3) is 16.4 Å². The highest BCUT2D eigenvalue weighted by Gasteiger charge is 2.11. The zero-order valence-corrected chi connectivity index (χ0v) is 9.03. The molecule has 0 spiro atoms. The number of hydrogen-bond acceptors (Lipinski definition) is 3. The molecule has 1 aromatic carbocycles. The van der Waals surface area contributed by atoms with E-state index in [1.54, 1.807) is 13.0 Å². The number of rotatable bonds is 0. The van der Waals surface area contributed by atoms with Gasteiger partial charge in [0.1, 0.15) is 5.82 Å². The van der Waals surface area contributed by atoms with Crippen molar-refractivity contribution in [3.05, 3.63) is 35.0 Å². The Bertz CT molecular complexity index is 707. The molecule has 0 atom stereocenters. The van der Waals surface area contributed by atoms with Gasteiger partial charge in [0.15, 0.2) is 16.6 Å². The topological polar surface area (TPSA) is 43.1 Å². The molecule has 0 radical (unpaired) electrons. The van der Waals surface area contributed by atoms with Gasteiger partial charge in [-0.25, -0.2) is 4.39 Å². The van der Waals surface area contributed by atoms with Crippen molar-refractivity contribution in [2.45, 2.75) is 6.92 Å². The maximum atomic E-state index is 13.2. The van der Waals surface area contributed by atoms with Gasteiger partial charge in [0, 0.05) is 10.8 Å². The van der Waals surface area contributed by atoms with Gasteiger partial charge in [0.2, 0.25) is 0 Å². The van der Waals surface area contributed by atoms with Gasteiger partial charge in [0.05, 0.1) is 0 Å². The van der Waals surface area contributed by atoms with Crippen LogP contribution in [0.15, 0.2) is 18.2 Å².